The third-order valence-electron chi connectivity index (χ3n) is 1.41. The first-order valence-corrected chi connectivity index (χ1v) is 3.78. The van der Waals surface area contributed by atoms with Gasteiger partial charge in [-0.1, -0.05) is 0 Å². The van der Waals surface area contributed by atoms with E-state index in [2.05, 4.69) is 9.97 Å². The molecular formula is C8H8N4O. The molecule has 0 atom stereocenters. The van der Waals surface area contributed by atoms with E-state index in [4.69, 9.17) is 15.3 Å². The highest BCUT2D eigenvalue weighted by Crippen LogP contribution is 2.04. The third kappa shape index (κ3) is 2.05. The van der Waals surface area contributed by atoms with Crippen molar-refractivity contribution >= 4 is 0 Å². The zero-order valence-electron chi connectivity index (χ0n) is 7.16. The zero-order chi connectivity index (χ0) is 9.68. The molecule has 66 valence electrons. The topological polar surface area (TPSA) is 85.5 Å². The van der Waals surface area contributed by atoms with Gasteiger partial charge in [0, 0.05) is 6.61 Å². The minimum atomic E-state index is 0.122. The summed E-state index contributed by atoms with van der Waals surface area (Å²) in [6.45, 7) is 2.73. The predicted molar refractivity (Wildman–Crippen MR) is 43.3 cm³/mol. The van der Waals surface area contributed by atoms with Gasteiger partial charge in [0.2, 0.25) is 0 Å². The van der Waals surface area contributed by atoms with Gasteiger partial charge in [0.05, 0.1) is 0 Å². The van der Waals surface area contributed by atoms with Crippen molar-refractivity contribution in [2.75, 3.05) is 6.61 Å². The number of hydrogen-bond donors (Lipinski definition) is 1. The Bertz CT molecular complexity index is 337. The van der Waals surface area contributed by atoms with E-state index in [1.54, 1.807) is 0 Å². The van der Waals surface area contributed by atoms with Crippen LogP contribution in [0.3, 0.4) is 0 Å². The maximum Gasteiger partial charge on any atom is 0.176 e. The Balaban J connectivity index is 2.84. The first-order valence-electron chi connectivity index (χ1n) is 3.78. The smallest absolute Gasteiger partial charge is 0.176 e. The molecule has 0 saturated heterocycles. The number of hydrogen-bond acceptors (Lipinski definition) is 4. The monoisotopic (exact) mass is 176 g/mol. The van der Waals surface area contributed by atoms with Crippen LogP contribution >= 0.6 is 0 Å². The Labute approximate surface area is 75.6 Å². The standard InChI is InChI=1S/C8H8N4O/c1-2-13-5-8-11-6(3-9)7(4-10)12-8/h2,5H2,1H3,(H,11,12). The van der Waals surface area contributed by atoms with Gasteiger partial charge >= 0.3 is 0 Å². The molecule has 0 spiro atoms. The maximum absolute atomic E-state index is 8.58. The molecular weight excluding hydrogens is 168 g/mol. The van der Waals surface area contributed by atoms with Gasteiger partial charge in [0.15, 0.2) is 11.4 Å². The number of nitrogens with zero attached hydrogens (tertiary/aromatic N) is 3. The molecule has 0 radical (unpaired) electrons. The van der Waals surface area contributed by atoms with E-state index in [1.165, 1.54) is 0 Å². The van der Waals surface area contributed by atoms with Crippen molar-refractivity contribution in [1.82, 2.24) is 9.97 Å². The fourth-order valence-electron chi connectivity index (χ4n) is 0.851. The average Bonchev–Trinajstić information content (AvgIpc) is 2.57. The number of aromatic nitrogens is 2. The van der Waals surface area contributed by atoms with Crippen molar-refractivity contribution in [3.63, 3.8) is 0 Å². The summed E-state index contributed by atoms with van der Waals surface area (Å²) in [4.78, 5) is 6.57. The van der Waals surface area contributed by atoms with Gasteiger partial charge in [-0.2, -0.15) is 10.5 Å². The molecule has 0 saturated carbocycles. The van der Waals surface area contributed by atoms with Gasteiger partial charge < -0.3 is 9.72 Å². The Morgan fingerprint density at radius 1 is 1.46 bits per heavy atom. The van der Waals surface area contributed by atoms with E-state index in [9.17, 15) is 0 Å². The van der Waals surface area contributed by atoms with Gasteiger partial charge in [0.25, 0.3) is 0 Å². The Morgan fingerprint density at radius 2 is 2.23 bits per heavy atom. The van der Waals surface area contributed by atoms with Crippen LogP contribution in [0.1, 0.15) is 24.1 Å². The van der Waals surface area contributed by atoms with Crippen LogP contribution in [0.2, 0.25) is 0 Å². The van der Waals surface area contributed by atoms with Crippen molar-refractivity contribution in [1.29, 1.82) is 10.5 Å². The molecule has 1 rings (SSSR count). The Kier molecular flexibility index (Phi) is 3.02. The minimum Gasteiger partial charge on any atom is -0.374 e. The second-order valence-corrected chi connectivity index (χ2v) is 2.27. The second-order valence-electron chi connectivity index (χ2n) is 2.27. The van der Waals surface area contributed by atoms with E-state index in [1.807, 2.05) is 19.1 Å². The molecule has 1 heterocycles. The van der Waals surface area contributed by atoms with Crippen LogP contribution in [-0.2, 0) is 11.3 Å². The van der Waals surface area contributed by atoms with Crippen LogP contribution < -0.4 is 0 Å². The summed E-state index contributed by atoms with van der Waals surface area (Å²) >= 11 is 0. The highest BCUT2D eigenvalue weighted by molar-refractivity contribution is 5.36. The molecule has 13 heavy (non-hydrogen) atoms. The third-order valence-corrected chi connectivity index (χ3v) is 1.41. The van der Waals surface area contributed by atoms with Crippen molar-refractivity contribution in [2.45, 2.75) is 13.5 Å². The van der Waals surface area contributed by atoms with Crippen LogP contribution in [0.5, 0.6) is 0 Å². The molecule has 0 bridgehead atoms. The molecule has 0 aromatic carbocycles. The van der Waals surface area contributed by atoms with E-state index in [0.29, 0.717) is 19.0 Å². The van der Waals surface area contributed by atoms with E-state index >= 15 is 0 Å². The molecule has 0 fully saturated rings. The lowest BCUT2D eigenvalue weighted by atomic mass is 10.4. The fourth-order valence-corrected chi connectivity index (χ4v) is 0.851. The summed E-state index contributed by atoms with van der Waals surface area (Å²) in [6.07, 6.45) is 0. The predicted octanol–water partition coefficient (Wildman–Crippen LogP) is 0.690. The summed E-state index contributed by atoms with van der Waals surface area (Å²) in [5.74, 6) is 0.509. The number of imidazole rings is 1. The molecule has 0 amide bonds. The van der Waals surface area contributed by atoms with E-state index in [0.717, 1.165) is 0 Å². The molecule has 1 N–H and O–H groups in total. The van der Waals surface area contributed by atoms with Gasteiger partial charge in [-0.15, -0.1) is 0 Å². The largest absolute Gasteiger partial charge is 0.374 e. The van der Waals surface area contributed by atoms with Crippen LogP contribution in [0, 0.1) is 22.7 Å². The molecule has 1 aromatic heterocycles. The lowest BCUT2D eigenvalue weighted by Gasteiger charge is -1.94. The normalized spacial score (nSPS) is 9.15. The first kappa shape index (κ1) is 9.24. The lowest BCUT2D eigenvalue weighted by Crippen LogP contribution is -1.93. The van der Waals surface area contributed by atoms with Gasteiger partial charge in [0.1, 0.15) is 24.6 Å². The van der Waals surface area contributed by atoms with E-state index < -0.39 is 0 Å². The molecule has 0 aliphatic rings. The molecule has 0 unspecified atom stereocenters. The molecule has 0 aliphatic carbocycles. The summed E-state index contributed by atoms with van der Waals surface area (Å²) in [5.41, 5.74) is 0.314. The fraction of sp³-hybridized carbons (Fsp3) is 0.375. The molecule has 0 aliphatic heterocycles. The van der Waals surface area contributed by atoms with Crippen molar-refractivity contribution in [3.8, 4) is 12.1 Å². The van der Waals surface area contributed by atoms with E-state index in [-0.39, 0.29) is 11.4 Å². The quantitative estimate of drug-likeness (QED) is 0.734. The van der Waals surface area contributed by atoms with Crippen molar-refractivity contribution in [2.24, 2.45) is 0 Å². The second kappa shape index (κ2) is 4.24. The van der Waals surface area contributed by atoms with Crippen LogP contribution in [0.25, 0.3) is 0 Å². The highest BCUT2D eigenvalue weighted by Gasteiger charge is 2.08. The first-order chi connectivity index (χ1) is 6.31. The number of nitrogens with one attached hydrogen (secondary N) is 1. The maximum atomic E-state index is 8.58. The number of rotatable bonds is 3. The van der Waals surface area contributed by atoms with Gasteiger partial charge in [-0.25, -0.2) is 4.98 Å². The highest BCUT2D eigenvalue weighted by atomic mass is 16.5. The summed E-state index contributed by atoms with van der Waals surface area (Å²) in [5, 5.41) is 17.1. The van der Waals surface area contributed by atoms with Crippen molar-refractivity contribution < 1.29 is 4.74 Å². The molecule has 1 aromatic rings. The average molecular weight is 176 g/mol. The van der Waals surface area contributed by atoms with Crippen LogP contribution in [0.15, 0.2) is 0 Å². The summed E-state index contributed by atoms with van der Waals surface area (Å²) < 4.78 is 5.06. The number of ether oxygens (including phenoxy) is 1. The summed E-state index contributed by atoms with van der Waals surface area (Å²) in [7, 11) is 0. The SMILES string of the molecule is CCOCc1nc(C#N)c(C#N)[nH]1. The molecule has 5 heteroatoms. The number of H-pyrrole nitrogens is 1. The lowest BCUT2D eigenvalue weighted by molar-refractivity contribution is 0.129. The Morgan fingerprint density at radius 3 is 2.69 bits per heavy atom. The van der Waals surface area contributed by atoms with Crippen LogP contribution in [-0.4, -0.2) is 16.6 Å². The van der Waals surface area contributed by atoms with Crippen molar-refractivity contribution in [3.05, 3.63) is 17.2 Å². The van der Waals surface area contributed by atoms with Gasteiger partial charge in [-0.05, 0) is 6.92 Å². The van der Waals surface area contributed by atoms with Gasteiger partial charge in [-0.3, -0.25) is 0 Å². The Hall–Kier alpha value is -1.85. The summed E-state index contributed by atoms with van der Waals surface area (Å²) in [6, 6.07) is 3.67. The number of nitriles is 2. The van der Waals surface area contributed by atoms with Crippen LogP contribution in [0.4, 0.5) is 0 Å². The number of aromatic amines is 1. The molecule has 5 nitrogen and oxygen atoms in total. The minimum absolute atomic E-state index is 0.122. The zero-order valence-corrected chi connectivity index (χ0v) is 7.16.